The molecule has 0 aromatic rings. The summed E-state index contributed by atoms with van der Waals surface area (Å²) in [7, 11) is 0. The first-order valence-electron chi connectivity index (χ1n) is 3.37. The minimum absolute atomic E-state index is 0.0298. The summed E-state index contributed by atoms with van der Waals surface area (Å²) in [6, 6.07) is 0. The lowest BCUT2D eigenvalue weighted by molar-refractivity contribution is -0.0349. The number of rotatable bonds is 2. The van der Waals surface area contributed by atoms with Crippen LogP contribution in [0.4, 0.5) is 0 Å². The van der Waals surface area contributed by atoms with Crippen molar-refractivity contribution in [3.63, 3.8) is 0 Å². The van der Waals surface area contributed by atoms with E-state index in [0.717, 1.165) is 0 Å². The van der Waals surface area contributed by atoms with Gasteiger partial charge in [-0.1, -0.05) is 12.2 Å². The molecule has 10 heavy (non-hydrogen) atoms. The second-order valence-corrected chi connectivity index (χ2v) is 2.19. The average molecular weight is 144 g/mol. The van der Waals surface area contributed by atoms with E-state index in [9.17, 15) is 0 Å². The lowest BCUT2D eigenvalue weighted by atomic mass is 10.3. The molecule has 3 nitrogen and oxygen atoms in total. The zero-order chi connectivity index (χ0) is 7.40. The lowest BCUT2D eigenvalue weighted by Gasteiger charge is -2.00. The van der Waals surface area contributed by atoms with E-state index in [-0.39, 0.29) is 19.0 Å². The standard InChI is InChI=1S/C7H12O3/c1-6-9-5-7(10-6)3-2-4-8/h2-3,6-8H,4-5H2,1H3/b3-2+/t6?,7-/m0/s1. The lowest BCUT2D eigenvalue weighted by Crippen LogP contribution is -2.06. The molecule has 0 spiro atoms. The van der Waals surface area contributed by atoms with E-state index < -0.39 is 0 Å². The van der Waals surface area contributed by atoms with Crippen LogP contribution in [0.25, 0.3) is 0 Å². The van der Waals surface area contributed by atoms with Crippen molar-refractivity contribution in [2.75, 3.05) is 13.2 Å². The first kappa shape index (κ1) is 7.72. The van der Waals surface area contributed by atoms with Crippen LogP contribution in [0.15, 0.2) is 12.2 Å². The zero-order valence-corrected chi connectivity index (χ0v) is 5.99. The fourth-order valence-electron chi connectivity index (χ4n) is 0.869. The Morgan fingerprint density at radius 1 is 1.70 bits per heavy atom. The maximum atomic E-state index is 8.41. The van der Waals surface area contributed by atoms with E-state index in [1.165, 1.54) is 0 Å². The number of ether oxygens (including phenoxy) is 2. The normalized spacial score (nSPS) is 33.8. The summed E-state index contributed by atoms with van der Waals surface area (Å²) in [5.74, 6) is 0. The van der Waals surface area contributed by atoms with Gasteiger partial charge in [-0.05, 0) is 6.92 Å². The molecule has 0 aromatic heterocycles. The number of hydrogen-bond donors (Lipinski definition) is 1. The average Bonchev–Trinajstić information content (AvgIpc) is 2.31. The largest absolute Gasteiger partial charge is 0.392 e. The summed E-state index contributed by atoms with van der Waals surface area (Å²) < 4.78 is 10.4. The Morgan fingerprint density at radius 2 is 2.50 bits per heavy atom. The molecule has 0 radical (unpaired) electrons. The van der Waals surface area contributed by atoms with E-state index in [1.807, 2.05) is 13.0 Å². The van der Waals surface area contributed by atoms with Crippen molar-refractivity contribution in [2.24, 2.45) is 0 Å². The van der Waals surface area contributed by atoms with Crippen LogP contribution in [0.1, 0.15) is 6.92 Å². The van der Waals surface area contributed by atoms with Gasteiger partial charge in [-0.25, -0.2) is 0 Å². The maximum Gasteiger partial charge on any atom is 0.155 e. The van der Waals surface area contributed by atoms with E-state index in [2.05, 4.69) is 0 Å². The molecular formula is C7H12O3. The van der Waals surface area contributed by atoms with Crippen LogP contribution in [-0.4, -0.2) is 30.7 Å². The van der Waals surface area contributed by atoms with Gasteiger partial charge in [0, 0.05) is 0 Å². The summed E-state index contributed by atoms with van der Waals surface area (Å²) in [5, 5.41) is 8.41. The second-order valence-electron chi connectivity index (χ2n) is 2.19. The van der Waals surface area contributed by atoms with Crippen LogP contribution in [-0.2, 0) is 9.47 Å². The van der Waals surface area contributed by atoms with Crippen LogP contribution in [0, 0.1) is 0 Å². The van der Waals surface area contributed by atoms with Crippen molar-refractivity contribution < 1.29 is 14.6 Å². The molecule has 0 aliphatic carbocycles. The molecule has 0 saturated carbocycles. The molecule has 0 aromatic carbocycles. The predicted octanol–water partition coefficient (Wildman–Crippen LogP) is 0.296. The van der Waals surface area contributed by atoms with Crippen LogP contribution >= 0.6 is 0 Å². The Hall–Kier alpha value is -0.380. The van der Waals surface area contributed by atoms with Gasteiger partial charge in [-0.2, -0.15) is 0 Å². The molecule has 1 unspecified atom stereocenters. The molecule has 1 rings (SSSR count). The Kier molecular flexibility index (Phi) is 2.86. The first-order valence-corrected chi connectivity index (χ1v) is 3.37. The molecule has 3 heteroatoms. The van der Waals surface area contributed by atoms with Crippen LogP contribution < -0.4 is 0 Å². The van der Waals surface area contributed by atoms with Crippen LogP contribution in [0.2, 0.25) is 0 Å². The van der Waals surface area contributed by atoms with Crippen molar-refractivity contribution in [2.45, 2.75) is 19.3 Å². The molecule has 1 N–H and O–H groups in total. The van der Waals surface area contributed by atoms with Crippen LogP contribution in [0.3, 0.4) is 0 Å². The highest BCUT2D eigenvalue weighted by Crippen LogP contribution is 2.10. The number of aliphatic hydroxyl groups is 1. The highest BCUT2D eigenvalue weighted by atomic mass is 16.7. The fraction of sp³-hybridized carbons (Fsp3) is 0.714. The van der Waals surface area contributed by atoms with E-state index >= 15 is 0 Å². The van der Waals surface area contributed by atoms with Crippen molar-refractivity contribution in [3.8, 4) is 0 Å². The summed E-state index contributed by atoms with van der Waals surface area (Å²) in [6.45, 7) is 2.51. The summed E-state index contributed by atoms with van der Waals surface area (Å²) in [5.41, 5.74) is 0. The van der Waals surface area contributed by atoms with Gasteiger partial charge >= 0.3 is 0 Å². The van der Waals surface area contributed by atoms with Crippen molar-refractivity contribution in [1.29, 1.82) is 0 Å². The van der Waals surface area contributed by atoms with Crippen molar-refractivity contribution in [1.82, 2.24) is 0 Å². The van der Waals surface area contributed by atoms with Gasteiger partial charge in [0.1, 0.15) is 6.10 Å². The summed E-state index contributed by atoms with van der Waals surface area (Å²) in [6.07, 6.45) is 3.39. The van der Waals surface area contributed by atoms with Gasteiger partial charge in [0.25, 0.3) is 0 Å². The van der Waals surface area contributed by atoms with E-state index in [4.69, 9.17) is 14.6 Å². The zero-order valence-electron chi connectivity index (χ0n) is 5.99. The Labute approximate surface area is 60.3 Å². The van der Waals surface area contributed by atoms with Gasteiger partial charge in [0.15, 0.2) is 6.29 Å². The van der Waals surface area contributed by atoms with Gasteiger partial charge in [-0.15, -0.1) is 0 Å². The monoisotopic (exact) mass is 144 g/mol. The number of hydrogen-bond acceptors (Lipinski definition) is 3. The Balaban J connectivity index is 2.24. The van der Waals surface area contributed by atoms with Gasteiger partial charge in [0.2, 0.25) is 0 Å². The third-order valence-electron chi connectivity index (χ3n) is 1.32. The summed E-state index contributed by atoms with van der Waals surface area (Å²) >= 11 is 0. The molecule has 1 aliphatic rings. The Morgan fingerprint density at radius 3 is 3.00 bits per heavy atom. The SMILES string of the molecule is CC1OC[C@H](/C=C/CO)O1. The highest BCUT2D eigenvalue weighted by Gasteiger charge is 2.18. The molecule has 1 heterocycles. The smallest absolute Gasteiger partial charge is 0.155 e. The third-order valence-corrected chi connectivity index (χ3v) is 1.32. The number of aliphatic hydroxyl groups excluding tert-OH is 1. The molecule has 1 aliphatic heterocycles. The van der Waals surface area contributed by atoms with Gasteiger partial charge < -0.3 is 14.6 Å². The highest BCUT2D eigenvalue weighted by molar-refractivity contribution is 4.90. The molecule has 1 saturated heterocycles. The first-order chi connectivity index (χ1) is 4.83. The van der Waals surface area contributed by atoms with Crippen molar-refractivity contribution >= 4 is 0 Å². The Bertz CT molecular complexity index is 122. The molecule has 0 amide bonds. The molecule has 58 valence electrons. The topological polar surface area (TPSA) is 38.7 Å². The third kappa shape index (κ3) is 2.10. The molecule has 1 fully saturated rings. The second kappa shape index (κ2) is 3.71. The maximum absolute atomic E-state index is 8.41. The quantitative estimate of drug-likeness (QED) is 0.566. The van der Waals surface area contributed by atoms with E-state index in [0.29, 0.717) is 6.61 Å². The fourth-order valence-corrected chi connectivity index (χ4v) is 0.869. The van der Waals surface area contributed by atoms with Gasteiger partial charge in [-0.3, -0.25) is 0 Å². The van der Waals surface area contributed by atoms with Gasteiger partial charge in [0.05, 0.1) is 13.2 Å². The van der Waals surface area contributed by atoms with Crippen molar-refractivity contribution in [3.05, 3.63) is 12.2 Å². The van der Waals surface area contributed by atoms with E-state index in [1.54, 1.807) is 6.08 Å². The predicted molar refractivity (Wildman–Crippen MR) is 36.5 cm³/mol. The summed E-state index contributed by atoms with van der Waals surface area (Å²) in [4.78, 5) is 0. The molecular weight excluding hydrogens is 132 g/mol. The molecule has 2 atom stereocenters. The minimum atomic E-state index is -0.103. The minimum Gasteiger partial charge on any atom is -0.392 e. The molecule has 0 bridgehead atoms. The van der Waals surface area contributed by atoms with Crippen LogP contribution in [0.5, 0.6) is 0 Å².